The number of aliphatic carboxylic acids is 1. The number of likely N-dealkylation sites (N-methyl/N-ethyl adjacent to an activating group) is 1. The lowest BCUT2D eigenvalue weighted by molar-refractivity contribution is -0.870. The Morgan fingerprint density at radius 1 is 0.307 bits per heavy atom. The Morgan fingerprint density at radius 3 is 0.851 bits per heavy atom. The molecule has 2 atom stereocenters. The number of esters is 2. The molecule has 0 saturated carbocycles. The van der Waals surface area contributed by atoms with E-state index in [-0.39, 0.29) is 38.2 Å². The van der Waals surface area contributed by atoms with Crippen LogP contribution >= 0.6 is 0 Å². The fourth-order valence-corrected chi connectivity index (χ4v) is 13.0. The van der Waals surface area contributed by atoms with Crippen LogP contribution in [0.3, 0.4) is 0 Å². The second kappa shape index (κ2) is 82.1. The molecular formula is C92H168NO8+. The summed E-state index contributed by atoms with van der Waals surface area (Å²) in [7, 11) is 6.00. The maximum atomic E-state index is 13.0. The van der Waals surface area contributed by atoms with Gasteiger partial charge in [0.25, 0.3) is 6.29 Å². The van der Waals surface area contributed by atoms with Gasteiger partial charge in [-0.3, -0.25) is 9.59 Å². The number of hydrogen-bond donors (Lipinski definition) is 1. The second-order valence-corrected chi connectivity index (χ2v) is 30.8. The summed E-state index contributed by atoms with van der Waals surface area (Å²) in [5.41, 5.74) is 0. The minimum absolute atomic E-state index is 0.179. The number of hydrogen-bond acceptors (Lipinski definition) is 7. The van der Waals surface area contributed by atoms with Crippen LogP contribution in [-0.4, -0.2) is 87.4 Å². The van der Waals surface area contributed by atoms with Crippen molar-refractivity contribution in [3.63, 3.8) is 0 Å². The molecule has 0 bridgehead atoms. The Labute approximate surface area is 627 Å². The van der Waals surface area contributed by atoms with E-state index in [2.05, 4.69) is 98.9 Å². The average Bonchev–Trinajstić information content (AvgIpc) is 1.25. The van der Waals surface area contributed by atoms with Crippen LogP contribution in [-0.2, 0) is 33.3 Å². The molecule has 0 aromatic carbocycles. The molecule has 0 aromatic heterocycles. The van der Waals surface area contributed by atoms with Gasteiger partial charge in [-0.1, -0.05) is 407 Å². The van der Waals surface area contributed by atoms with Gasteiger partial charge in [-0.2, -0.15) is 0 Å². The van der Waals surface area contributed by atoms with Crippen LogP contribution in [0.25, 0.3) is 0 Å². The average molecular weight is 1420 g/mol. The third kappa shape index (κ3) is 83.6. The van der Waals surface area contributed by atoms with Crippen LogP contribution in [0.5, 0.6) is 0 Å². The standard InChI is InChI=1S/C92H167NO8/c1-6-8-10-12-14-16-18-20-22-24-26-28-30-32-34-36-38-40-42-43-44-45-46-47-49-50-52-54-56-58-60-62-64-66-68-70-72-74-76-78-80-82-89(94)99-86-88(87-100-92(91(96)97)98-85-84-93(3,4)5)101-90(95)83-81-79-77-75-73-71-69-67-65-63-61-59-57-55-53-51-48-41-39-37-35-33-31-29-27-25-23-21-19-17-15-13-11-9-7-2/h9,11,15,17,21,23-24,26-27,29,33,35,39,41,88,92H,6-8,10,12-14,16,18-20,22,25,28,30-32,34,36-38,40,42-87H2,1-5H3/p+1/b11-9-,17-15-,23-21-,26-24-,29-27-,35-33-,41-39-. The van der Waals surface area contributed by atoms with E-state index in [1.54, 1.807) is 0 Å². The SMILES string of the molecule is CC/C=C\C/C=C\C/C=C\C/C=C\C/C=C\C/C=C\CCCCCCCCCCCCCCCCCCC(=O)OC(COC(=O)CCCCCCCCCCCCCCCCCCCCCCCCCCCCCCC/C=C\CCCCCCCCCC)COC(OCC[N+](C)(C)C)C(=O)O. The van der Waals surface area contributed by atoms with Crippen LogP contribution in [0.4, 0.5) is 0 Å². The number of carbonyl (C=O) groups is 3. The van der Waals surface area contributed by atoms with E-state index in [1.165, 1.54) is 321 Å². The quantitative estimate of drug-likeness (QED) is 0.0211. The molecule has 1 N–H and O–H groups in total. The van der Waals surface area contributed by atoms with E-state index < -0.39 is 18.4 Å². The minimum atomic E-state index is -1.51. The fourth-order valence-electron chi connectivity index (χ4n) is 13.0. The van der Waals surface area contributed by atoms with E-state index in [9.17, 15) is 19.5 Å². The number of quaternary nitrogens is 1. The Balaban J connectivity index is 3.93. The lowest BCUT2D eigenvalue weighted by Crippen LogP contribution is -2.40. The van der Waals surface area contributed by atoms with Crippen LogP contribution in [0, 0.1) is 0 Å². The second-order valence-electron chi connectivity index (χ2n) is 30.8. The van der Waals surface area contributed by atoms with Crippen molar-refractivity contribution in [3.8, 4) is 0 Å². The highest BCUT2D eigenvalue weighted by atomic mass is 16.7. The lowest BCUT2D eigenvalue weighted by Gasteiger charge is -2.25. The summed E-state index contributed by atoms with van der Waals surface area (Å²) in [5, 5.41) is 9.79. The van der Waals surface area contributed by atoms with E-state index in [0.29, 0.717) is 17.4 Å². The summed E-state index contributed by atoms with van der Waals surface area (Å²) in [6, 6.07) is 0. The topological polar surface area (TPSA) is 108 Å². The number of allylic oxidation sites excluding steroid dienone is 14. The van der Waals surface area contributed by atoms with E-state index >= 15 is 0 Å². The Bertz CT molecular complexity index is 1940. The molecule has 0 saturated heterocycles. The molecule has 0 spiro atoms. The van der Waals surface area contributed by atoms with Gasteiger partial charge in [0, 0.05) is 12.8 Å². The maximum absolute atomic E-state index is 13.0. The molecule has 0 aliphatic heterocycles. The first-order valence-electron chi connectivity index (χ1n) is 43.8. The summed E-state index contributed by atoms with van der Waals surface area (Å²) in [5.74, 6) is -1.98. The van der Waals surface area contributed by atoms with Crippen molar-refractivity contribution in [2.45, 2.75) is 437 Å². The number of unbranched alkanes of at least 4 members (excludes halogenated alkanes) is 53. The van der Waals surface area contributed by atoms with Crippen molar-refractivity contribution in [2.75, 3.05) is 47.5 Å². The molecule has 588 valence electrons. The normalized spacial score (nSPS) is 13.0. The van der Waals surface area contributed by atoms with E-state index in [0.717, 1.165) is 77.0 Å². The first-order chi connectivity index (χ1) is 49.6. The van der Waals surface area contributed by atoms with Crippen LogP contribution in [0.2, 0.25) is 0 Å². The molecule has 0 radical (unpaired) electrons. The van der Waals surface area contributed by atoms with Crippen molar-refractivity contribution in [1.29, 1.82) is 0 Å². The molecule has 0 aliphatic rings. The number of rotatable bonds is 82. The molecular weight excluding hydrogens is 1250 g/mol. The van der Waals surface area contributed by atoms with Crippen molar-refractivity contribution in [3.05, 3.63) is 85.1 Å². The molecule has 0 fully saturated rings. The van der Waals surface area contributed by atoms with Crippen LogP contribution in [0.15, 0.2) is 85.1 Å². The summed E-state index contributed by atoms with van der Waals surface area (Å²) in [4.78, 5) is 37.8. The molecule has 101 heavy (non-hydrogen) atoms. The van der Waals surface area contributed by atoms with E-state index in [1.807, 2.05) is 21.1 Å². The Hall–Kier alpha value is -3.53. The van der Waals surface area contributed by atoms with Gasteiger partial charge in [0.1, 0.15) is 13.2 Å². The largest absolute Gasteiger partial charge is 0.477 e. The molecule has 9 nitrogen and oxygen atoms in total. The lowest BCUT2D eigenvalue weighted by atomic mass is 10.0. The summed E-state index contributed by atoms with van der Waals surface area (Å²) in [6.45, 7) is 4.83. The molecule has 0 heterocycles. The van der Waals surface area contributed by atoms with Gasteiger partial charge < -0.3 is 28.5 Å². The third-order valence-corrected chi connectivity index (χ3v) is 19.6. The highest BCUT2D eigenvalue weighted by molar-refractivity contribution is 5.71. The summed E-state index contributed by atoms with van der Waals surface area (Å²) >= 11 is 0. The highest BCUT2D eigenvalue weighted by Gasteiger charge is 2.25. The van der Waals surface area contributed by atoms with Crippen molar-refractivity contribution < 1.29 is 42.9 Å². The zero-order chi connectivity index (χ0) is 73.2. The number of carbonyl (C=O) groups excluding carboxylic acids is 2. The van der Waals surface area contributed by atoms with Crippen molar-refractivity contribution >= 4 is 17.9 Å². The van der Waals surface area contributed by atoms with Crippen molar-refractivity contribution in [2.24, 2.45) is 0 Å². The number of nitrogens with zero attached hydrogens (tertiary/aromatic N) is 1. The first kappa shape index (κ1) is 97.5. The molecule has 0 amide bonds. The van der Waals surface area contributed by atoms with Gasteiger partial charge in [0.05, 0.1) is 34.4 Å². The van der Waals surface area contributed by atoms with Gasteiger partial charge in [0.2, 0.25) is 0 Å². The first-order valence-corrected chi connectivity index (χ1v) is 43.8. The number of carboxylic acids is 1. The smallest absolute Gasteiger partial charge is 0.361 e. The fraction of sp³-hybridized carbons (Fsp3) is 0.815. The van der Waals surface area contributed by atoms with Crippen molar-refractivity contribution in [1.82, 2.24) is 0 Å². The molecule has 0 rings (SSSR count). The van der Waals surface area contributed by atoms with Crippen LogP contribution < -0.4 is 0 Å². The predicted molar refractivity (Wildman–Crippen MR) is 438 cm³/mol. The van der Waals surface area contributed by atoms with Gasteiger partial charge in [-0.15, -0.1) is 0 Å². The highest BCUT2D eigenvalue weighted by Crippen LogP contribution is 2.20. The Morgan fingerprint density at radius 2 is 0.564 bits per heavy atom. The summed E-state index contributed by atoms with van der Waals surface area (Å²) in [6.07, 6.45) is 111. The number of ether oxygens (including phenoxy) is 4. The van der Waals surface area contributed by atoms with Crippen LogP contribution in [0.1, 0.15) is 425 Å². The zero-order valence-electron chi connectivity index (χ0n) is 67.6. The van der Waals surface area contributed by atoms with Gasteiger partial charge in [-0.05, 0) is 89.9 Å². The minimum Gasteiger partial charge on any atom is -0.477 e. The third-order valence-electron chi connectivity index (χ3n) is 19.6. The molecule has 0 aromatic rings. The monoisotopic (exact) mass is 1420 g/mol. The molecule has 0 aliphatic carbocycles. The molecule has 9 heteroatoms. The van der Waals surface area contributed by atoms with Gasteiger partial charge >= 0.3 is 17.9 Å². The summed E-state index contributed by atoms with van der Waals surface area (Å²) < 4.78 is 23.1. The Kier molecular flexibility index (Phi) is 79.3. The maximum Gasteiger partial charge on any atom is 0.361 e. The van der Waals surface area contributed by atoms with E-state index in [4.69, 9.17) is 18.9 Å². The van der Waals surface area contributed by atoms with Gasteiger partial charge in [-0.25, -0.2) is 4.79 Å². The zero-order valence-corrected chi connectivity index (χ0v) is 67.6. The van der Waals surface area contributed by atoms with Gasteiger partial charge in [0.15, 0.2) is 6.10 Å². The predicted octanol–water partition coefficient (Wildman–Crippen LogP) is 28.5. The molecule has 2 unspecified atom stereocenters. The number of carboxylic acid groups (broad SMARTS) is 1.